The minimum Gasteiger partial charge on any atom is -0.462 e. The lowest BCUT2D eigenvalue weighted by atomic mass is 9.85. The molecule has 6 N–H and O–H groups in total. The predicted octanol–water partition coefficient (Wildman–Crippen LogP) is 8.94. The highest BCUT2D eigenvalue weighted by atomic mass is 31.2. The molecule has 0 amide bonds. The van der Waals surface area contributed by atoms with Crippen LogP contribution in [0.1, 0.15) is 167 Å². The monoisotopic (exact) mass is 885 g/mol. The van der Waals surface area contributed by atoms with Crippen LogP contribution < -0.4 is 0 Å². The number of carbonyl (C=O) groups excluding carboxylic acids is 2. The van der Waals surface area contributed by atoms with E-state index in [0.29, 0.717) is 19.3 Å². The van der Waals surface area contributed by atoms with E-state index in [1.807, 2.05) is 18.2 Å². The van der Waals surface area contributed by atoms with Crippen LogP contribution in [0.4, 0.5) is 0 Å². The van der Waals surface area contributed by atoms with Gasteiger partial charge in [-0.3, -0.25) is 18.6 Å². The first-order chi connectivity index (χ1) is 29.4. The fourth-order valence-electron chi connectivity index (χ4n) is 6.73. The normalized spacial score (nSPS) is 22.3. The summed E-state index contributed by atoms with van der Waals surface area (Å²) in [5.41, 5.74) is 0. The van der Waals surface area contributed by atoms with E-state index in [1.54, 1.807) is 0 Å². The summed E-state index contributed by atoms with van der Waals surface area (Å²) in [6.45, 7) is 4.75. The van der Waals surface area contributed by atoms with Crippen molar-refractivity contribution in [1.82, 2.24) is 0 Å². The zero-order valence-electron chi connectivity index (χ0n) is 37.0. The number of unbranched alkanes of at least 4 members (excludes halogenated alkanes) is 17. The number of esters is 2. The van der Waals surface area contributed by atoms with E-state index < -0.39 is 75.7 Å². The summed E-state index contributed by atoms with van der Waals surface area (Å²) in [4.78, 5) is 35.7. The van der Waals surface area contributed by atoms with Gasteiger partial charge in [-0.05, 0) is 64.2 Å². The van der Waals surface area contributed by atoms with Crippen molar-refractivity contribution < 1.29 is 63.1 Å². The Kier molecular flexibility index (Phi) is 34.3. The Balaban J connectivity index is 2.50. The van der Waals surface area contributed by atoms with Gasteiger partial charge in [0, 0.05) is 12.8 Å². The highest BCUT2D eigenvalue weighted by molar-refractivity contribution is 7.47. The maximum absolute atomic E-state index is 12.8. The Bertz CT molecular complexity index is 1280. The number of hydrogen-bond acceptors (Lipinski definition) is 12. The molecule has 8 atom stereocenters. The van der Waals surface area contributed by atoms with E-state index in [9.17, 15) is 44.6 Å². The maximum atomic E-state index is 12.8. The van der Waals surface area contributed by atoms with Crippen molar-refractivity contribution in [3.8, 4) is 0 Å². The molecule has 0 aliphatic heterocycles. The highest BCUT2D eigenvalue weighted by Gasteiger charge is 2.51. The lowest BCUT2D eigenvalue weighted by Crippen LogP contribution is -2.64. The van der Waals surface area contributed by atoms with Crippen LogP contribution in [0.25, 0.3) is 0 Å². The van der Waals surface area contributed by atoms with Gasteiger partial charge in [-0.15, -0.1) is 6.58 Å². The summed E-state index contributed by atoms with van der Waals surface area (Å²) >= 11 is 0. The van der Waals surface area contributed by atoms with Gasteiger partial charge in [0.25, 0.3) is 0 Å². The third-order valence-corrected chi connectivity index (χ3v) is 11.5. The predicted molar refractivity (Wildman–Crippen MR) is 239 cm³/mol. The molecule has 0 aromatic rings. The van der Waals surface area contributed by atoms with Crippen LogP contribution in [-0.4, -0.2) is 98.3 Å². The van der Waals surface area contributed by atoms with Crippen LogP contribution in [0.5, 0.6) is 0 Å². The summed E-state index contributed by atoms with van der Waals surface area (Å²) in [7, 11) is -5.13. The Morgan fingerprint density at radius 2 is 0.984 bits per heavy atom. The first-order valence-electron chi connectivity index (χ1n) is 23.1. The van der Waals surface area contributed by atoms with Gasteiger partial charge in [-0.1, -0.05) is 145 Å². The molecule has 0 aromatic carbocycles. The van der Waals surface area contributed by atoms with Gasteiger partial charge in [0.05, 0.1) is 6.61 Å². The molecule has 6 unspecified atom stereocenters. The second-order valence-corrected chi connectivity index (χ2v) is 17.4. The van der Waals surface area contributed by atoms with Crippen LogP contribution in [0.15, 0.2) is 61.3 Å². The number of carbonyl (C=O) groups is 2. The quantitative estimate of drug-likeness (QED) is 0.0148. The largest absolute Gasteiger partial charge is 0.472 e. The molecule has 1 aliphatic rings. The number of allylic oxidation sites excluding steroid dienone is 9. The van der Waals surface area contributed by atoms with E-state index in [-0.39, 0.29) is 12.8 Å². The Labute approximate surface area is 366 Å². The fourth-order valence-corrected chi connectivity index (χ4v) is 7.70. The van der Waals surface area contributed by atoms with Gasteiger partial charge < -0.3 is 39.9 Å². The Morgan fingerprint density at radius 3 is 1.49 bits per heavy atom. The summed E-state index contributed by atoms with van der Waals surface area (Å²) in [5.74, 6) is -1.17. The number of aliphatic hydroxyl groups excluding tert-OH is 5. The molecule has 1 aliphatic carbocycles. The first kappa shape index (κ1) is 56.6. The summed E-state index contributed by atoms with van der Waals surface area (Å²) in [6, 6.07) is 0. The van der Waals surface area contributed by atoms with Crippen LogP contribution in [0, 0.1) is 0 Å². The van der Waals surface area contributed by atoms with Crippen LogP contribution >= 0.6 is 7.82 Å². The van der Waals surface area contributed by atoms with Crippen molar-refractivity contribution in [1.29, 1.82) is 0 Å². The number of phosphoric acid groups is 1. The Morgan fingerprint density at radius 1 is 0.557 bits per heavy atom. The minimum atomic E-state index is -5.13. The number of phosphoric ester groups is 1. The van der Waals surface area contributed by atoms with Crippen molar-refractivity contribution in [2.45, 2.75) is 210 Å². The van der Waals surface area contributed by atoms with Crippen molar-refractivity contribution >= 4 is 19.8 Å². The molecule has 0 bridgehead atoms. The first-order valence-corrected chi connectivity index (χ1v) is 24.5. The molecular formula is C47H81O13P. The van der Waals surface area contributed by atoms with E-state index in [2.05, 4.69) is 50.0 Å². The molecule has 0 radical (unpaired) electrons. The van der Waals surface area contributed by atoms with Gasteiger partial charge in [0.1, 0.15) is 43.2 Å². The van der Waals surface area contributed by atoms with Crippen molar-refractivity contribution in [2.75, 3.05) is 13.2 Å². The van der Waals surface area contributed by atoms with Crippen LogP contribution in [0.3, 0.4) is 0 Å². The average Bonchev–Trinajstić information content (AvgIpc) is 3.24. The number of aliphatic hydroxyl groups is 5. The van der Waals surface area contributed by atoms with Gasteiger partial charge in [0.2, 0.25) is 0 Å². The fraction of sp³-hybridized carbons (Fsp3) is 0.745. The summed E-state index contributed by atoms with van der Waals surface area (Å²) in [6.07, 6.45) is 30.3. The third-order valence-electron chi connectivity index (χ3n) is 10.5. The topological polar surface area (TPSA) is 210 Å². The second kappa shape index (κ2) is 37.0. The zero-order chi connectivity index (χ0) is 45.0. The molecule has 1 saturated carbocycles. The Hall–Kier alpha value is -2.45. The van der Waals surface area contributed by atoms with E-state index in [0.717, 1.165) is 57.8 Å². The van der Waals surface area contributed by atoms with Crippen molar-refractivity contribution in [3.05, 3.63) is 61.3 Å². The van der Waals surface area contributed by atoms with Crippen molar-refractivity contribution in [3.63, 3.8) is 0 Å². The molecule has 13 nitrogen and oxygen atoms in total. The maximum Gasteiger partial charge on any atom is 0.472 e. The van der Waals surface area contributed by atoms with Crippen LogP contribution in [-0.2, 0) is 32.7 Å². The van der Waals surface area contributed by atoms with E-state index in [1.165, 1.54) is 70.6 Å². The summed E-state index contributed by atoms with van der Waals surface area (Å²) in [5, 5.41) is 50.1. The van der Waals surface area contributed by atoms with Gasteiger partial charge in [-0.2, -0.15) is 0 Å². The molecular weight excluding hydrogens is 803 g/mol. The molecule has 0 heterocycles. The van der Waals surface area contributed by atoms with Gasteiger partial charge in [-0.25, -0.2) is 4.57 Å². The average molecular weight is 885 g/mol. The highest BCUT2D eigenvalue weighted by Crippen LogP contribution is 2.47. The summed E-state index contributed by atoms with van der Waals surface area (Å²) < 4.78 is 33.5. The minimum absolute atomic E-state index is 0.0815. The molecule has 0 spiro atoms. The number of hydrogen-bond donors (Lipinski definition) is 6. The third kappa shape index (κ3) is 29.5. The molecule has 1 fully saturated rings. The number of ether oxygens (including phenoxy) is 2. The molecule has 352 valence electrons. The lowest BCUT2D eigenvalue weighted by Gasteiger charge is -2.41. The smallest absolute Gasteiger partial charge is 0.462 e. The zero-order valence-corrected chi connectivity index (χ0v) is 37.9. The number of rotatable bonds is 38. The molecule has 1 rings (SSSR count). The molecule has 61 heavy (non-hydrogen) atoms. The van der Waals surface area contributed by atoms with Crippen LogP contribution in [0.2, 0.25) is 0 Å². The van der Waals surface area contributed by atoms with E-state index >= 15 is 0 Å². The molecule has 0 saturated heterocycles. The van der Waals surface area contributed by atoms with Gasteiger partial charge in [0.15, 0.2) is 6.10 Å². The SMILES string of the molecule is C=CCCCCCCCCCCCCCCCC(=O)O[C@@H](COC(=O)CCC/C=C/C/C=C/C/C=C/C/C=C/CCCCC)COP(=O)(O)OC1C(O)C(O)C(O)[C@H](O)C1O. The molecule has 14 heteroatoms. The van der Waals surface area contributed by atoms with Gasteiger partial charge >= 0.3 is 19.8 Å². The van der Waals surface area contributed by atoms with E-state index in [4.69, 9.17) is 18.5 Å². The van der Waals surface area contributed by atoms with Crippen molar-refractivity contribution in [2.24, 2.45) is 0 Å². The lowest BCUT2D eigenvalue weighted by molar-refractivity contribution is -0.220. The molecule has 0 aromatic heterocycles. The second-order valence-electron chi connectivity index (χ2n) is 16.0. The standard InChI is InChI=1S/C47H81O13P/c1-3-5-7-9-11-13-15-17-19-20-22-23-25-27-29-31-33-35-40(48)57-37-39(38-58-61(55,56)60-47-45(53)43(51)42(50)44(52)46(47)54)59-41(49)36-34-32-30-28-26-24-21-18-16-14-12-10-8-6-4-2/h4,11,13,17,19,22-23,27,29,39,42-47,50-54H,2-3,5-10,12,14-16,18,20-21,24-26,28,30-38H2,1H3,(H,55,56)/b13-11+,19-17+,23-22+,29-27+/t39-,42?,43-,44?,45?,46?,47?/m0/s1.